The van der Waals surface area contributed by atoms with Crippen molar-refractivity contribution in [2.45, 2.75) is 17.9 Å². The van der Waals surface area contributed by atoms with Crippen LogP contribution in [-0.4, -0.2) is 19.5 Å². The Labute approximate surface area is 125 Å². The highest BCUT2D eigenvalue weighted by molar-refractivity contribution is 8.14. The van der Waals surface area contributed by atoms with Crippen molar-refractivity contribution < 1.29 is 13.2 Å². The smallest absolute Gasteiger partial charge is 0.261 e. The number of nitriles is 1. The van der Waals surface area contributed by atoms with Crippen LogP contribution in [0, 0.1) is 11.3 Å². The highest BCUT2D eigenvalue weighted by atomic mass is 35.7. The molecule has 0 aliphatic heterocycles. The maximum Gasteiger partial charge on any atom is 0.261 e. The van der Waals surface area contributed by atoms with Crippen LogP contribution >= 0.6 is 22.3 Å². The van der Waals surface area contributed by atoms with E-state index >= 15 is 0 Å². The first-order chi connectivity index (χ1) is 9.32. The third kappa shape index (κ3) is 2.96. The van der Waals surface area contributed by atoms with Crippen LogP contribution in [0.25, 0.3) is 10.9 Å². The molecule has 1 unspecified atom stereocenters. The van der Waals surface area contributed by atoms with Crippen molar-refractivity contribution in [3.63, 3.8) is 0 Å². The maximum atomic E-state index is 11.5. The minimum atomic E-state index is -3.92. The minimum Gasteiger partial charge on any atom is -0.474 e. The van der Waals surface area contributed by atoms with Crippen molar-refractivity contribution in [3.8, 4) is 11.8 Å². The Bertz CT molecular complexity index is 815. The number of benzene rings is 1. The molecule has 0 spiro atoms. The fourth-order valence-corrected chi connectivity index (χ4v) is 2.88. The Kier molecular flexibility index (Phi) is 4.04. The Morgan fingerprint density at radius 1 is 1.35 bits per heavy atom. The summed E-state index contributed by atoms with van der Waals surface area (Å²) in [6.45, 7) is 1.56. The predicted molar refractivity (Wildman–Crippen MR) is 75.5 cm³/mol. The number of aromatic nitrogens is 1. The van der Waals surface area contributed by atoms with E-state index in [0.29, 0.717) is 0 Å². The van der Waals surface area contributed by atoms with Gasteiger partial charge in [-0.3, -0.25) is 0 Å². The average Bonchev–Trinajstić information content (AvgIpc) is 2.37. The molecule has 1 aromatic heterocycles. The van der Waals surface area contributed by atoms with Crippen molar-refractivity contribution in [3.05, 3.63) is 29.4 Å². The van der Waals surface area contributed by atoms with Gasteiger partial charge in [0, 0.05) is 16.1 Å². The maximum absolute atomic E-state index is 11.5. The van der Waals surface area contributed by atoms with E-state index in [1.807, 2.05) is 6.07 Å². The number of nitrogens with zero attached hydrogens (tertiary/aromatic N) is 2. The molecule has 8 heteroatoms. The lowest BCUT2D eigenvalue weighted by Crippen LogP contribution is -2.09. The molecule has 0 radical (unpaired) electrons. The van der Waals surface area contributed by atoms with Gasteiger partial charge in [-0.25, -0.2) is 13.4 Å². The first-order valence-electron chi connectivity index (χ1n) is 5.43. The van der Waals surface area contributed by atoms with E-state index in [4.69, 9.17) is 32.3 Å². The summed E-state index contributed by atoms with van der Waals surface area (Å²) in [5.41, 5.74) is 0.237. The zero-order chi connectivity index (χ0) is 14.9. The Hall–Kier alpha value is -1.55. The third-order valence-corrected chi connectivity index (χ3v) is 4.08. The van der Waals surface area contributed by atoms with Crippen molar-refractivity contribution in [1.82, 2.24) is 4.98 Å². The molecule has 104 valence electrons. The first kappa shape index (κ1) is 14.9. The van der Waals surface area contributed by atoms with Crippen LogP contribution in [0.5, 0.6) is 5.75 Å². The van der Waals surface area contributed by atoms with Gasteiger partial charge in [0.25, 0.3) is 9.05 Å². The van der Waals surface area contributed by atoms with Crippen LogP contribution in [0.4, 0.5) is 0 Å². The van der Waals surface area contributed by atoms with Gasteiger partial charge in [-0.15, -0.1) is 0 Å². The van der Waals surface area contributed by atoms with E-state index in [-0.39, 0.29) is 26.7 Å². The van der Waals surface area contributed by atoms with Gasteiger partial charge in [-0.1, -0.05) is 11.6 Å². The monoisotopic (exact) mass is 330 g/mol. The lowest BCUT2D eigenvalue weighted by Gasteiger charge is -2.11. The van der Waals surface area contributed by atoms with Crippen molar-refractivity contribution in [2.24, 2.45) is 0 Å². The summed E-state index contributed by atoms with van der Waals surface area (Å²) in [4.78, 5) is 3.96. The molecule has 0 fully saturated rings. The second-order valence-electron chi connectivity index (χ2n) is 3.92. The molecule has 0 aliphatic rings. The SMILES string of the molecule is CC(C#N)Oc1ccc(S(=O)(=O)Cl)c2ccc(Cl)nc12. The van der Waals surface area contributed by atoms with Gasteiger partial charge < -0.3 is 4.74 Å². The summed E-state index contributed by atoms with van der Waals surface area (Å²) in [6.07, 6.45) is -0.711. The summed E-state index contributed by atoms with van der Waals surface area (Å²) in [7, 11) is 1.46. The molecule has 5 nitrogen and oxygen atoms in total. The van der Waals surface area contributed by atoms with Crippen LogP contribution in [0.15, 0.2) is 29.2 Å². The van der Waals surface area contributed by atoms with E-state index in [2.05, 4.69) is 4.98 Å². The molecular weight excluding hydrogens is 323 g/mol. The minimum absolute atomic E-state index is 0.0877. The van der Waals surface area contributed by atoms with E-state index in [1.165, 1.54) is 24.3 Å². The van der Waals surface area contributed by atoms with E-state index in [0.717, 1.165) is 0 Å². The highest BCUT2D eigenvalue weighted by Crippen LogP contribution is 2.32. The topological polar surface area (TPSA) is 80.0 Å². The number of pyridine rings is 1. The van der Waals surface area contributed by atoms with Crippen molar-refractivity contribution >= 4 is 42.2 Å². The third-order valence-electron chi connectivity index (χ3n) is 2.49. The van der Waals surface area contributed by atoms with E-state index in [9.17, 15) is 8.42 Å². The van der Waals surface area contributed by atoms with E-state index in [1.54, 1.807) is 6.92 Å². The molecule has 1 atom stereocenters. The molecule has 0 aliphatic carbocycles. The number of hydrogen-bond donors (Lipinski definition) is 0. The van der Waals surface area contributed by atoms with Gasteiger partial charge in [0.15, 0.2) is 6.10 Å². The molecule has 0 N–H and O–H groups in total. The molecule has 1 aromatic carbocycles. The standard InChI is InChI=1S/C12H8Cl2N2O3S/c1-7(6-15)19-9-3-4-10(20(14,17)18)8-2-5-11(13)16-12(8)9/h2-5,7H,1H3. The second-order valence-corrected chi connectivity index (χ2v) is 6.84. The van der Waals surface area contributed by atoms with Gasteiger partial charge in [0.05, 0.1) is 4.90 Å². The molecular formula is C12H8Cl2N2O3S. The summed E-state index contributed by atoms with van der Waals surface area (Å²) < 4.78 is 28.4. The summed E-state index contributed by atoms with van der Waals surface area (Å²) in [5.74, 6) is 0.264. The number of fused-ring (bicyclic) bond motifs is 1. The summed E-state index contributed by atoms with van der Waals surface area (Å²) in [5, 5.41) is 9.23. The molecule has 20 heavy (non-hydrogen) atoms. The largest absolute Gasteiger partial charge is 0.474 e. The van der Waals surface area contributed by atoms with Gasteiger partial charge in [0.1, 0.15) is 22.5 Å². The number of hydrogen-bond acceptors (Lipinski definition) is 5. The zero-order valence-corrected chi connectivity index (χ0v) is 12.5. The molecule has 2 rings (SSSR count). The average molecular weight is 331 g/mol. The number of ether oxygens (including phenoxy) is 1. The molecule has 0 amide bonds. The van der Waals surface area contributed by atoms with Crippen LogP contribution in [0.2, 0.25) is 5.15 Å². The Balaban J connectivity index is 2.75. The quantitative estimate of drug-likeness (QED) is 0.638. The summed E-state index contributed by atoms with van der Waals surface area (Å²) in [6, 6.07) is 7.55. The zero-order valence-electron chi connectivity index (χ0n) is 10.2. The first-order valence-corrected chi connectivity index (χ1v) is 8.12. The molecule has 0 saturated carbocycles. The van der Waals surface area contributed by atoms with Crippen LogP contribution in [0.3, 0.4) is 0 Å². The Morgan fingerprint density at radius 2 is 2.05 bits per heavy atom. The highest BCUT2D eigenvalue weighted by Gasteiger charge is 2.18. The lowest BCUT2D eigenvalue weighted by molar-refractivity contribution is 0.279. The van der Waals surface area contributed by atoms with Crippen molar-refractivity contribution in [1.29, 1.82) is 5.26 Å². The number of rotatable bonds is 3. The molecule has 2 aromatic rings. The second kappa shape index (κ2) is 5.44. The van der Waals surface area contributed by atoms with Gasteiger partial charge in [-0.2, -0.15) is 5.26 Å². The lowest BCUT2D eigenvalue weighted by atomic mass is 10.2. The van der Waals surface area contributed by atoms with Crippen LogP contribution in [0.1, 0.15) is 6.92 Å². The molecule has 1 heterocycles. The molecule has 0 saturated heterocycles. The Morgan fingerprint density at radius 3 is 2.65 bits per heavy atom. The van der Waals surface area contributed by atoms with Gasteiger partial charge in [-0.05, 0) is 31.2 Å². The normalized spacial score (nSPS) is 12.9. The van der Waals surface area contributed by atoms with Crippen molar-refractivity contribution in [2.75, 3.05) is 0 Å². The van der Waals surface area contributed by atoms with Gasteiger partial charge >= 0.3 is 0 Å². The van der Waals surface area contributed by atoms with Crippen LogP contribution in [-0.2, 0) is 9.05 Å². The van der Waals surface area contributed by atoms with Gasteiger partial charge in [0.2, 0.25) is 0 Å². The van der Waals surface area contributed by atoms with E-state index < -0.39 is 15.2 Å². The fraction of sp³-hybridized carbons (Fsp3) is 0.167. The number of halogens is 2. The summed E-state index contributed by atoms with van der Waals surface area (Å²) >= 11 is 5.81. The van der Waals surface area contributed by atoms with Crippen LogP contribution < -0.4 is 4.74 Å². The predicted octanol–water partition coefficient (Wildman–Crippen LogP) is 3.11. The molecule has 0 bridgehead atoms. The fourth-order valence-electron chi connectivity index (χ4n) is 1.67.